The number of nitrogens with zero attached hydrogens (tertiary/aromatic N) is 2. The van der Waals surface area contributed by atoms with Gasteiger partial charge >= 0.3 is 5.97 Å². The summed E-state index contributed by atoms with van der Waals surface area (Å²) >= 11 is 0. The van der Waals surface area contributed by atoms with Crippen molar-refractivity contribution in [3.05, 3.63) is 17.0 Å². The summed E-state index contributed by atoms with van der Waals surface area (Å²) in [5, 5.41) is 16.5. The minimum absolute atomic E-state index is 0.172. The molecule has 1 aromatic heterocycles. The zero-order valence-corrected chi connectivity index (χ0v) is 14.8. The number of carboxylic acids is 1. The van der Waals surface area contributed by atoms with Crippen LogP contribution >= 0.6 is 0 Å². The van der Waals surface area contributed by atoms with E-state index in [9.17, 15) is 14.7 Å². The maximum absolute atomic E-state index is 12.5. The monoisotopic (exact) mass is 337 g/mol. The summed E-state index contributed by atoms with van der Waals surface area (Å²) in [6, 6.07) is -0.892. The lowest BCUT2D eigenvalue weighted by atomic mass is 9.92. The minimum atomic E-state index is -1.00. The van der Waals surface area contributed by atoms with Gasteiger partial charge in [0.1, 0.15) is 6.04 Å². The molecule has 2 rings (SSSR count). The van der Waals surface area contributed by atoms with Crippen molar-refractivity contribution < 1.29 is 19.4 Å². The maximum Gasteiger partial charge on any atom is 0.326 e. The van der Waals surface area contributed by atoms with Gasteiger partial charge in [-0.15, -0.1) is 0 Å². The highest BCUT2D eigenvalue weighted by Crippen LogP contribution is 2.20. The van der Waals surface area contributed by atoms with Crippen LogP contribution in [-0.2, 0) is 27.8 Å². The molecule has 1 saturated heterocycles. The van der Waals surface area contributed by atoms with Crippen molar-refractivity contribution in [2.24, 2.45) is 18.9 Å². The van der Waals surface area contributed by atoms with Crippen LogP contribution in [-0.4, -0.2) is 46.0 Å². The zero-order valence-electron chi connectivity index (χ0n) is 14.8. The van der Waals surface area contributed by atoms with Gasteiger partial charge in [-0.25, -0.2) is 4.79 Å². The molecule has 1 aliphatic heterocycles. The number of hydrogen-bond donors (Lipinski definition) is 2. The second-order valence-corrected chi connectivity index (χ2v) is 6.68. The Morgan fingerprint density at radius 1 is 1.46 bits per heavy atom. The third-order valence-corrected chi connectivity index (χ3v) is 4.85. The fourth-order valence-corrected chi connectivity index (χ4v) is 3.22. The molecule has 7 heteroatoms. The number of nitrogens with one attached hydrogen (secondary N) is 1. The van der Waals surface area contributed by atoms with Crippen molar-refractivity contribution in [1.29, 1.82) is 0 Å². The van der Waals surface area contributed by atoms with Crippen LogP contribution in [0.3, 0.4) is 0 Å². The third-order valence-electron chi connectivity index (χ3n) is 4.85. The fourth-order valence-electron chi connectivity index (χ4n) is 3.22. The van der Waals surface area contributed by atoms with Crippen molar-refractivity contribution >= 4 is 11.9 Å². The van der Waals surface area contributed by atoms with Gasteiger partial charge in [0.2, 0.25) is 5.91 Å². The highest BCUT2D eigenvalue weighted by molar-refractivity contribution is 5.85. The molecule has 1 aliphatic rings. The maximum atomic E-state index is 12.5. The van der Waals surface area contributed by atoms with E-state index in [1.165, 1.54) is 0 Å². The molecule has 1 fully saturated rings. The van der Waals surface area contributed by atoms with Crippen LogP contribution in [0, 0.1) is 25.7 Å². The first kappa shape index (κ1) is 18.4. The first-order valence-corrected chi connectivity index (χ1v) is 8.41. The lowest BCUT2D eigenvalue weighted by Gasteiger charge is -2.28. The third kappa shape index (κ3) is 4.14. The molecular weight excluding hydrogens is 310 g/mol. The lowest BCUT2D eigenvalue weighted by molar-refractivity contribution is -0.145. The van der Waals surface area contributed by atoms with E-state index < -0.39 is 12.0 Å². The Bertz CT molecular complexity index is 605. The van der Waals surface area contributed by atoms with E-state index in [1.807, 2.05) is 27.8 Å². The number of hydrogen-bond acceptors (Lipinski definition) is 4. The fraction of sp³-hybridized carbons (Fsp3) is 0.706. The molecular formula is C17H27N3O4. The zero-order chi connectivity index (χ0) is 17.9. The Kier molecular flexibility index (Phi) is 5.99. The number of aromatic nitrogens is 2. The number of carbonyl (C=O) groups excluding carboxylic acids is 1. The quantitative estimate of drug-likeness (QED) is 0.814. The molecule has 2 N–H and O–H groups in total. The first-order valence-electron chi connectivity index (χ1n) is 8.41. The molecule has 7 nitrogen and oxygen atoms in total. The number of amides is 1. The van der Waals surface area contributed by atoms with Gasteiger partial charge in [-0.3, -0.25) is 9.48 Å². The van der Waals surface area contributed by atoms with Gasteiger partial charge in [0, 0.05) is 31.2 Å². The van der Waals surface area contributed by atoms with Crippen LogP contribution in [0.15, 0.2) is 0 Å². The summed E-state index contributed by atoms with van der Waals surface area (Å²) in [5.41, 5.74) is 2.99. The standard InChI is InChI=1S/C17H27N3O4/c1-10(8-14-11(2)19-20(4)12(14)3)16(21)18-15(17(22)23)13-6-5-7-24-9-13/h10,13,15H,5-9H2,1-4H3,(H,18,21)(H,22,23). The van der Waals surface area contributed by atoms with Gasteiger partial charge in [-0.05, 0) is 38.7 Å². The molecule has 0 bridgehead atoms. The average molecular weight is 337 g/mol. The molecule has 3 atom stereocenters. The summed E-state index contributed by atoms with van der Waals surface area (Å²) in [6.07, 6.45) is 2.13. The van der Waals surface area contributed by atoms with Crippen molar-refractivity contribution in [3.63, 3.8) is 0 Å². The number of rotatable bonds is 6. The van der Waals surface area contributed by atoms with E-state index in [1.54, 1.807) is 4.68 Å². The predicted molar refractivity (Wildman–Crippen MR) is 88.7 cm³/mol. The van der Waals surface area contributed by atoms with E-state index >= 15 is 0 Å². The molecule has 2 heterocycles. The van der Waals surface area contributed by atoms with E-state index in [2.05, 4.69) is 10.4 Å². The Hall–Kier alpha value is -1.89. The smallest absolute Gasteiger partial charge is 0.326 e. The largest absolute Gasteiger partial charge is 0.480 e. The van der Waals surface area contributed by atoms with Gasteiger partial charge < -0.3 is 15.2 Å². The SMILES string of the molecule is Cc1nn(C)c(C)c1CC(C)C(=O)NC(C(=O)O)C1CCCOC1. The summed E-state index contributed by atoms with van der Waals surface area (Å²) in [4.78, 5) is 24.0. The molecule has 3 unspecified atom stereocenters. The second kappa shape index (κ2) is 7.79. The van der Waals surface area contributed by atoms with Crippen molar-refractivity contribution in [1.82, 2.24) is 15.1 Å². The Labute approximate surface area is 142 Å². The van der Waals surface area contributed by atoms with Gasteiger partial charge in [0.15, 0.2) is 0 Å². The van der Waals surface area contributed by atoms with Crippen LogP contribution < -0.4 is 5.32 Å². The Balaban J connectivity index is 2.02. The lowest BCUT2D eigenvalue weighted by Crippen LogP contribution is -2.50. The molecule has 0 radical (unpaired) electrons. The molecule has 0 aliphatic carbocycles. The molecule has 24 heavy (non-hydrogen) atoms. The van der Waals surface area contributed by atoms with Crippen LogP contribution in [0.4, 0.5) is 0 Å². The van der Waals surface area contributed by atoms with E-state index in [4.69, 9.17) is 4.74 Å². The van der Waals surface area contributed by atoms with Gasteiger partial charge in [0.25, 0.3) is 0 Å². The predicted octanol–water partition coefficient (Wildman–Crippen LogP) is 1.21. The van der Waals surface area contributed by atoms with Gasteiger partial charge in [0.05, 0.1) is 12.3 Å². The molecule has 134 valence electrons. The van der Waals surface area contributed by atoms with E-state index in [0.29, 0.717) is 19.6 Å². The van der Waals surface area contributed by atoms with Crippen LogP contribution in [0.1, 0.15) is 36.7 Å². The summed E-state index contributed by atoms with van der Waals surface area (Å²) in [6.45, 7) is 6.75. The van der Waals surface area contributed by atoms with Crippen molar-refractivity contribution in [2.75, 3.05) is 13.2 Å². The summed E-state index contributed by atoms with van der Waals surface area (Å²) < 4.78 is 7.16. The highest BCUT2D eigenvalue weighted by atomic mass is 16.5. The van der Waals surface area contributed by atoms with Crippen molar-refractivity contribution in [3.8, 4) is 0 Å². The number of aliphatic carboxylic acids is 1. The molecule has 1 aromatic rings. The normalized spacial score (nSPS) is 20.4. The van der Waals surface area contributed by atoms with Crippen LogP contribution in [0.25, 0.3) is 0 Å². The number of carboxylic acid groups (broad SMARTS) is 1. The molecule has 0 aromatic carbocycles. The number of ether oxygens (including phenoxy) is 1. The number of aryl methyl sites for hydroxylation is 2. The van der Waals surface area contributed by atoms with Gasteiger partial charge in [-0.2, -0.15) is 5.10 Å². The topological polar surface area (TPSA) is 93.5 Å². The Morgan fingerprint density at radius 2 is 2.17 bits per heavy atom. The first-order chi connectivity index (χ1) is 11.3. The van der Waals surface area contributed by atoms with E-state index in [-0.39, 0.29) is 17.7 Å². The summed E-state index contributed by atoms with van der Waals surface area (Å²) in [7, 11) is 1.88. The van der Waals surface area contributed by atoms with Crippen LogP contribution in [0.2, 0.25) is 0 Å². The minimum Gasteiger partial charge on any atom is -0.480 e. The van der Waals surface area contributed by atoms with Crippen molar-refractivity contribution in [2.45, 2.75) is 46.1 Å². The summed E-state index contributed by atoms with van der Waals surface area (Å²) in [5.74, 6) is -1.73. The van der Waals surface area contributed by atoms with E-state index in [0.717, 1.165) is 29.8 Å². The average Bonchev–Trinajstić information content (AvgIpc) is 2.79. The molecule has 0 spiro atoms. The second-order valence-electron chi connectivity index (χ2n) is 6.68. The number of carbonyl (C=O) groups is 2. The molecule has 0 saturated carbocycles. The molecule has 1 amide bonds. The highest BCUT2D eigenvalue weighted by Gasteiger charge is 2.32. The van der Waals surface area contributed by atoms with Gasteiger partial charge in [-0.1, -0.05) is 6.92 Å². The van der Waals surface area contributed by atoms with Crippen LogP contribution in [0.5, 0.6) is 0 Å². The Morgan fingerprint density at radius 3 is 2.67 bits per heavy atom.